The van der Waals surface area contributed by atoms with E-state index in [-0.39, 0.29) is 5.97 Å². The summed E-state index contributed by atoms with van der Waals surface area (Å²) in [5.41, 5.74) is 2.76. The van der Waals surface area contributed by atoms with Crippen molar-refractivity contribution in [2.45, 2.75) is 6.04 Å². The molecule has 1 aromatic carbocycles. The van der Waals surface area contributed by atoms with E-state index in [4.69, 9.17) is 4.74 Å². The highest BCUT2D eigenvalue weighted by Gasteiger charge is 2.19. The van der Waals surface area contributed by atoms with Gasteiger partial charge in [0.25, 0.3) is 0 Å². The number of aryl methyl sites for hydroxylation is 1. The number of nitrogens with one attached hydrogen (secondary N) is 1. The molecular weight excluding hydrogens is 218 g/mol. The number of hydrogen-bond acceptors (Lipinski definition) is 4. The summed E-state index contributed by atoms with van der Waals surface area (Å²) in [5.74, 6) is -0.303. The number of benzene rings is 1. The number of esters is 1. The zero-order valence-corrected chi connectivity index (χ0v) is 10.1. The van der Waals surface area contributed by atoms with Gasteiger partial charge in [-0.2, -0.15) is 0 Å². The van der Waals surface area contributed by atoms with E-state index in [9.17, 15) is 4.79 Å². The molecule has 1 N–H and O–H groups in total. The first-order valence-electron chi connectivity index (χ1n) is 5.33. The highest BCUT2D eigenvalue weighted by atomic mass is 16.5. The van der Waals surface area contributed by atoms with Crippen LogP contribution in [-0.4, -0.2) is 29.7 Å². The van der Waals surface area contributed by atoms with E-state index in [1.807, 2.05) is 29.8 Å². The third-order valence-corrected chi connectivity index (χ3v) is 2.81. The zero-order chi connectivity index (χ0) is 12.4. The van der Waals surface area contributed by atoms with Crippen LogP contribution in [0.15, 0.2) is 24.5 Å². The van der Waals surface area contributed by atoms with Crippen molar-refractivity contribution in [3.05, 3.63) is 30.1 Å². The van der Waals surface area contributed by atoms with Gasteiger partial charge in [0.2, 0.25) is 0 Å². The van der Waals surface area contributed by atoms with Crippen molar-refractivity contribution in [3.8, 4) is 0 Å². The smallest absolute Gasteiger partial charge is 0.327 e. The van der Waals surface area contributed by atoms with Gasteiger partial charge >= 0.3 is 5.97 Å². The van der Waals surface area contributed by atoms with E-state index < -0.39 is 6.04 Å². The van der Waals surface area contributed by atoms with Crippen LogP contribution in [0.5, 0.6) is 0 Å². The van der Waals surface area contributed by atoms with Crippen molar-refractivity contribution in [1.29, 1.82) is 0 Å². The Morgan fingerprint density at radius 3 is 2.94 bits per heavy atom. The second kappa shape index (κ2) is 4.55. The molecule has 1 atom stereocenters. The number of ether oxygens (including phenoxy) is 1. The van der Waals surface area contributed by atoms with Gasteiger partial charge in [0, 0.05) is 7.05 Å². The highest BCUT2D eigenvalue weighted by Crippen LogP contribution is 2.19. The van der Waals surface area contributed by atoms with Gasteiger partial charge in [-0.15, -0.1) is 0 Å². The summed E-state index contributed by atoms with van der Waals surface area (Å²) in [6.07, 6.45) is 1.75. The Morgan fingerprint density at radius 1 is 1.53 bits per heavy atom. The molecule has 1 aromatic heterocycles. The van der Waals surface area contributed by atoms with Gasteiger partial charge in [0.05, 0.1) is 24.5 Å². The maximum absolute atomic E-state index is 11.6. The lowest BCUT2D eigenvalue weighted by molar-refractivity contribution is -0.143. The topological polar surface area (TPSA) is 56.1 Å². The molecule has 0 fully saturated rings. The monoisotopic (exact) mass is 233 g/mol. The lowest BCUT2D eigenvalue weighted by Gasteiger charge is -2.13. The number of carbonyl (C=O) groups is 1. The van der Waals surface area contributed by atoms with E-state index in [2.05, 4.69) is 10.3 Å². The molecule has 0 radical (unpaired) electrons. The van der Waals surface area contributed by atoms with Crippen LogP contribution in [0.4, 0.5) is 0 Å². The van der Waals surface area contributed by atoms with Crippen molar-refractivity contribution in [2.24, 2.45) is 7.05 Å². The van der Waals surface area contributed by atoms with Crippen LogP contribution in [-0.2, 0) is 16.6 Å². The average molecular weight is 233 g/mol. The van der Waals surface area contributed by atoms with Gasteiger partial charge in [-0.25, -0.2) is 9.78 Å². The van der Waals surface area contributed by atoms with Crippen LogP contribution in [0.2, 0.25) is 0 Å². The van der Waals surface area contributed by atoms with E-state index in [1.165, 1.54) is 7.11 Å². The van der Waals surface area contributed by atoms with Crippen molar-refractivity contribution in [3.63, 3.8) is 0 Å². The Kier molecular flexibility index (Phi) is 3.10. The number of rotatable bonds is 3. The molecule has 0 saturated carbocycles. The molecule has 5 nitrogen and oxygen atoms in total. The summed E-state index contributed by atoms with van der Waals surface area (Å²) in [6, 6.07) is 5.30. The number of likely N-dealkylation sites (N-methyl/N-ethyl adjacent to an activating group) is 1. The number of imidazole rings is 1. The van der Waals surface area contributed by atoms with Crippen LogP contribution >= 0.6 is 0 Å². The molecule has 0 amide bonds. The molecule has 5 heteroatoms. The first kappa shape index (κ1) is 11.6. The van der Waals surface area contributed by atoms with Crippen molar-refractivity contribution in [1.82, 2.24) is 14.9 Å². The number of aromatic nitrogens is 2. The summed E-state index contributed by atoms with van der Waals surface area (Å²) in [6.45, 7) is 0. The summed E-state index contributed by atoms with van der Waals surface area (Å²) in [7, 11) is 5.04. The van der Waals surface area contributed by atoms with Gasteiger partial charge in [-0.1, -0.05) is 6.07 Å². The van der Waals surface area contributed by atoms with Crippen LogP contribution in [0.1, 0.15) is 11.6 Å². The van der Waals surface area contributed by atoms with Gasteiger partial charge in [-0.05, 0) is 24.7 Å². The first-order valence-corrected chi connectivity index (χ1v) is 5.33. The largest absolute Gasteiger partial charge is 0.468 e. The molecule has 0 aliphatic heterocycles. The van der Waals surface area contributed by atoms with Gasteiger partial charge in [0.1, 0.15) is 6.04 Å². The Hall–Kier alpha value is -1.88. The molecule has 1 heterocycles. The first-order chi connectivity index (χ1) is 8.17. The standard InChI is InChI=1S/C12H15N3O2/c1-13-11(12(16)17-3)8-4-5-10-9(6-8)14-7-15(10)2/h4-7,11,13H,1-3H3. The second-order valence-electron chi connectivity index (χ2n) is 3.85. The molecule has 2 rings (SSSR count). The van der Waals surface area contributed by atoms with Gasteiger partial charge in [0.15, 0.2) is 0 Å². The molecule has 0 spiro atoms. The van der Waals surface area contributed by atoms with Crippen LogP contribution < -0.4 is 5.32 Å². The Balaban J connectivity index is 2.44. The number of hydrogen-bond donors (Lipinski definition) is 1. The SMILES string of the molecule is CNC(C(=O)OC)c1ccc2c(c1)ncn2C. The lowest BCUT2D eigenvalue weighted by atomic mass is 10.1. The fourth-order valence-electron chi connectivity index (χ4n) is 1.87. The highest BCUT2D eigenvalue weighted by molar-refractivity contribution is 5.81. The molecule has 17 heavy (non-hydrogen) atoms. The average Bonchev–Trinajstić information content (AvgIpc) is 2.71. The number of nitrogens with zero attached hydrogens (tertiary/aromatic N) is 2. The minimum atomic E-state index is -0.452. The minimum absolute atomic E-state index is 0.303. The second-order valence-corrected chi connectivity index (χ2v) is 3.85. The molecule has 2 aromatic rings. The molecule has 90 valence electrons. The van der Waals surface area contributed by atoms with Crippen molar-refractivity contribution in [2.75, 3.05) is 14.2 Å². The Morgan fingerprint density at radius 2 is 2.29 bits per heavy atom. The lowest BCUT2D eigenvalue weighted by Crippen LogP contribution is -2.26. The maximum Gasteiger partial charge on any atom is 0.327 e. The summed E-state index contributed by atoms with van der Waals surface area (Å²) in [4.78, 5) is 15.8. The molecule has 0 saturated heterocycles. The van der Waals surface area contributed by atoms with E-state index >= 15 is 0 Å². The molecule has 0 aliphatic rings. The molecule has 0 bridgehead atoms. The Labute approximate surface area is 99.4 Å². The van der Waals surface area contributed by atoms with E-state index in [0.29, 0.717) is 0 Å². The fourth-order valence-corrected chi connectivity index (χ4v) is 1.87. The summed E-state index contributed by atoms with van der Waals surface area (Å²) in [5, 5.41) is 2.93. The Bertz CT molecular complexity index is 548. The van der Waals surface area contributed by atoms with E-state index in [0.717, 1.165) is 16.6 Å². The van der Waals surface area contributed by atoms with E-state index in [1.54, 1.807) is 13.4 Å². The maximum atomic E-state index is 11.6. The summed E-state index contributed by atoms with van der Waals surface area (Å²) < 4.78 is 6.68. The van der Waals surface area contributed by atoms with Crippen LogP contribution in [0.25, 0.3) is 11.0 Å². The zero-order valence-electron chi connectivity index (χ0n) is 10.1. The van der Waals surface area contributed by atoms with Crippen LogP contribution in [0, 0.1) is 0 Å². The minimum Gasteiger partial charge on any atom is -0.468 e. The van der Waals surface area contributed by atoms with Crippen LogP contribution in [0.3, 0.4) is 0 Å². The predicted molar refractivity (Wildman–Crippen MR) is 64.5 cm³/mol. The fraction of sp³-hybridized carbons (Fsp3) is 0.333. The molecule has 0 aliphatic carbocycles. The quantitative estimate of drug-likeness (QED) is 0.804. The predicted octanol–water partition coefficient (Wildman–Crippen LogP) is 1.01. The normalized spacial score (nSPS) is 12.6. The van der Waals surface area contributed by atoms with Gasteiger partial charge < -0.3 is 14.6 Å². The third kappa shape index (κ3) is 2.01. The third-order valence-electron chi connectivity index (χ3n) is 2.81. The summed E-state index contributed by atoms with van der Waals surface area (Å²) >= 11 is 0. The van der Waals surface area contributed by atoms with Crippen molar-refractivity contribution >= 4 is 17.0 Å². The molecule has 1 unspecified atom stereocenters. The molecular formula is C12H15N3O2. The number of carbonyl (C=O) groups excluding carboxylic acids is 1. The van der Waals surface area contributed by atoms with Gasteiger partial charge in [-0.3, -0.25) is 0 Å². The number of fused-ring (bicyclic) bond motifs is 1. The van der Waals surface area contributed by atoms with Crippen molar-refractivity contribution < 1.29 is 9.53 Å². The number of methoxy groups -OCH3 is 1.